The van der Waals surface area contributed by atoms with Gasteiger partial charge in [0.05, 0.1) is 22.1 Å². The Kier molecular flexibility index (Phi) is 5.94. The summed E-state index contributed by atoms with van der Waals surface area (Å²) < 4.78 is 4.67. The quantitative estimate of drug-likeness (QED) is 0.217. The monoisotopic (exact) mass is 514 g/mol. The molecule has 2 heteroatoms. The van der Waals surface area contributed by atoms with E-state index in [0.29, 0.717) is 0 Å². The van der Waals surface area contributed by atoms with Crippen molar-refractivity contribution in [2.45, 2.75) is 13.8 Å². The molecule has 0 saturated heterocycles. The number of rotatable bonds is 2. The Morgan fingerprint density at radius 3 is 1.10 bits per heavy atom. The highest BCUT2D eigenvalue weighted by Crippen LogP contribution is 2.33. The van der Waals surface area contributed by atoms with Crippen molar-refractivity contribution >= 4 is 43.6 Å². The second-order valence-corrected chi connectivity index (χ2v) is 10.4. The summed E-state index contributed by atoms with van der Waals surface area (Å²) in [4.78, 5) is 0. The van der Waals surface area contributed by atoms with Crippen LogP contribution in [0, 0.1) is 13.8 Å². The average molecular weight is 515 g/mol. The molecule has 0 fully saturated rings. The highest BCUT2D eigenvalue weighted by molar-refractivity contribution is 6.10. The molecular formula is C38H30N2. The maximum Gasteiger partial charge on any atom is 0.0541 e. The van der Waals surface area contributed by atoms with Gasteiger partial charge in [-0.05, 0) is 74.5 Å². The molecule has 2 aromatic heterocycles. The molecule has 6 aromatic carbocycles. The lowest BCUT2D eigenvalue weighted by Gasteiger charge is -2.07. The van der Waals surface area contributed by atoms with Crippen LogP contribution in [0.2, 0.25) is 0 Å². The lowest BCUT2D eigenvalue weighted by atomic mass is 10.1. The van der Waals surface area contributed by atoms with Crippen LogP contribution in [0.3, 0.4) is 0 Å². The van der Waals surface area contributed by atoms with Crippen molar-refractivity contribution in [1.29, 1.82) is 0 Å². The highest BCUT2D eigenvalue weighted by atomic mass is 15.0. The molecule has 192 valence electrons. The van der Waals surface area contributed by atoms with E-state index in [1.165, 1.54) is 66.1 Å². The molecule has 0 bridgehead atoms. The molecule has 0 aliphatic carbocycles. The topological polar surface area (TPSA) is 9.86 Å². The van der Waals surface area contributed by atoms with Gasteiger partial charge in [-0.1, -0.05) is 96.1 Å². The molecule has 8 aromatic rings. The number of aromatic nitrogens is 2. The fraction of sp³-hybridized carbons (Fsp3) is 0.0526. The summed E-state index contributed by atoms with van der Waals surface area (Å²) in [6, 6.07) is 51.7. The fourth-order valence-electron chi connectivity index (χ4n) is 5.88. The van der Waals surface area contributed by atoms with Gasteiger partial charge in [-0.25, -0.2) is 0 Å². The van der Waals surface area contributed by atoms with Gasteiger partial charge < -0.3 is 9.13 Å². The second-order valence-electron chi connectivity index (χ2n) is 10.4. The summed E-state index contributed by atoms with van der Waals surface area (Å²) in [5.74, 6) is 0. The van der Waals surface area contributed by atoms with Crippen molar-refractivity contribution in [2.75, 3.05) is 0 Å². The first-order valence-electron chi connectivity index (χ1n) is 13.8. The molecule has 0 unspecified atom stereocenters. The smallest absolute Gasteiger partial charge is 0.0541 e. The molecule has 0 aliphatic rings. The third-order valence-corrected chi connectivity index (χ3v) is 7.68. The molecule has 0 aliphatic heterocycles. The van der Waals surface area contributed by atoms with E-state index in [9.17, 15) is 0 Å². The van der Waals surface area contributed by atoms with Gasteiger partial charge in [0, 0.05) is 32.9 Å². The van der Waals surface area contributed by atoms with Gasteiger partial charge in [0.1, 0.15) is 0 Å². The van der Waals surface area contributed by atoms with Crippen molar-refractivity contribution in [3.8, 4) is 11.4 Å². The lowest BCUT2D eigenvalue weighted by Crippen LogP contribution is -1.92. The van der Waals surface area contributed by atoms with Crippen molar-refractivity contribution < 1.29 is 0 Å². The van der Waals surface area contributed by atoms with Gasteiger partial charge in [0.15, 0.2) is 0 Å². The third-order valence-electron chi connectivity index (χ3n) is 7.68. The normalized spacial score (nSPS) is 11.2. The summed E-state index contributed by atoms with van der Waals surface area (Å²) in [6.45, 7) is 4.29. The van der Waals surface area contributed by atoms with E-state index in [1.807, 2.05) is 0 Å². The summed E-state index contributed by atoms with van der Waals surface area (Å²) in [7, 11) is 0. The predicted molar refractivity (Wildman–Crippen MR) is 171 cm³/mol. The first kappa shape index (κ1) is 24.0. The van der Waals surface area contributed by atoms with Crippen LogP contribution in [0.1, 0.15) is 11.1 Å². The molecule has 2 nitrogen and oxygen atoms in total. The zero-order chi connectivity index (χ0) is 27.1. The SMILES string of the molecule is Cc1ccc2c(c1)c1ccccc1n2-c1ccccc1.Cc1ccc2c(c1)c1ccccc1n2-c1ccccc1. The molecule has 8 rings (SSSR count). The van der Waals surface area contributed by atoms with E-state index in [2.05, 4.69) is 169 Å². The van der Waals surface area contributed by atoms with Gasteiger partial charge in [-0.2, -0.15) is 0 Å². The van der Waals surface area contributed by atoms with Crippen LogP contribution in [0.15, 0.2) is 146 Å². The molecular weight excluding hydrogens is 484 g/mol. The first-order chi connectivity index (χ1) is 19.7. The molecule has 0 saturated carbocycles. The van der Waals surface area contributed by atoms with Crippen LogP contribution >= 0.6 is 0 Å². The van der Waals surface area contributed by atoms with Gasteiger partial charge in [0.25, 0.3) is 0 Å². The van der Waals surface area contributed by atoms with Gasteiger partial charge in [0.2, 0.25) is 0 Å². The summed E-state index contributed by atoms with van der Waals surface area (Å²) in [5, 5.41) is 5.28. The standard InChI is InChI=1S/2C19H15N/c2*1-14-11-12-19-17(13-14)16-9-5-6-10-18(16)20(19)15-7-3-2-4-8-15/h2*2-13H,1H3. The zero-order valence-electron chi connectivity index (χ0n) is 22.8. The van der Waals surface area contributed by atoms with Crippen LogP contribution in [0.4, 0.5) is 0 Å². The van der Waals surface area contributed by atoms with E-state index in [1.54, 1.807) is 0 Å². The minimum Gasteiger partial charge on any atom is -0.309 e. The molecule has 40 heavy (non-hydrogen) atoms. The number of nitrogens with zero attached hydrogens (tertiary/aromatic N) is 2. The molecule has 0 radical (unpaired) electrons. The minimum absolute atomic E-state index is 1.21. The second kappa shape index (κ2) is 9.91. The van der Waals surface area contributed by atoms with Crippen LogP contribution in [-0.4, -0.2) is 9.13 Å². The Balaban J connectivity index is 0.000000132. The molecule has 0 N–H and O–H groups in total. The van der Waals surface area contributed by atoms with Crippen LogP contribution in [0.25, 0.3) is 55.0 Å². The summed E-state index contributed by atoms with van der Waals surface area (Å²) in [6.07, 6.45) is 0. The Labute approximate surface area is 234 Å². The number of hydrogen-bond donors (Lipinski definition) is 0. The Morgan fingerprint density at radius 1 is 0.325 bits per heavy atom. The zero-order valence-corrected chi connectivity index (χ0v) is 22.8. The van der Waals surface area contributed by atoms with Crippen LogP contribution in [0.5, 0.6) is 0 Å². The third kappa shape index (κ3) is 4.06. The Hall–Kier alpha value is -5.08. The van der Waals surface area contributed by atoms with Crippen molar-refractivity contribution in [3.05, 3.63) is 157 Å². The summed E-state index contributed by atoms with van der Waals surface area (Å²) >= 11 is 0. The van der Waals surface area contributed by atoms with Crippen molar-refractivity contribution in [1.82, 2.24) is 9.13 Å². The number of hydrogen-bond acceptors (Lipinski definition) is 0. The molecule has 0 atom stereocenters. The predicted octanol–water partition coefficient (Wildman–Crippen LogP) is 10.2. The van der Waals surface area contributed by atoms with Crippen LogP contribution < -0.4 is 0 Å². The Morgan fingerprint density at radius 2 is 0.675 bits per heavy atom. The number of aryl methyl sites for hydroxylation is 2. The average Bonchev–Trinajstić information content (AvgIpc) is 3.51. The molecule has 0 spiro atoms. The number of para-hydroxylation sites is 4. The van der Waals surface area contributed by atoms with E-state index in [0.717, 1.165) is 0 Å². The van der Waals surface area contributed by atoms with Crippen LogP contribution in [-0.2, 0) is 0 Å². The van der Waals surface area contributed by atoms with E-state index < -0.39 is 0 Å². The van der Waals surface area contributed by atoms with E-state index >= 15 is 0 Å². The van der Waals surface area contributed by atoms with E-state index in [-0.39, 0.29) is 0 Å². The number of fused-ring (bicyclic) bond motifs is 6. The number of benzene rings is 6. The van der Waals surface area contributed by atoms with Gasteiger partial charge in [-0.15, -0.1) is 0 Å². The highest BCUT2D eigenvalue weighted by Gasteiger charge is 2.12. The van der Waals surface area contributed by atoms with Crippen molar-refractivity contribution in [2.24, 2.45) is 0 Å². The van der Waals surface area contributed by atoms with E-state index in [4.69, 9.17) is 0 Å². The van der Waals surface area contributed by atoms with Gasteiger partial charge in [-0.3, -0.25) is 0 Å². The molecule has 2 heterocycles. The first-order valence-corrected chi connectivity index (χ1v) is 13.8. The lowest BCUT2D eigenvalue weighted by molar-refractivity contribution is 1.18. The molecule has 0 amide bonds. The van der Waals surface area contributed by atoms with Crippen molar-refractivity contribution in [3.63, 3.8) is 0 Å². The fourth-order valence-corrected chi connectivity index (χ4v) is 5.88. The summed E-state index contributed by atoms with van der Waals surface area (Å²) in [5.41, 5.74) is 10.1. The minimum atomic E-state index is 1.21. The van der Waals surface area contributed by atoms with Gasteiger partial charge >= 0.3 is 0 Å². The maximum absolute atomic E-state index is 2.34. The largest absolute Gasteiger partial charge is 0.309 e. The Bertz CT molecular complexity index is 1960. The maximum atomic E-state index is 2.34.